The van der Waals surface area contributed by atoms with E-state index in [-0.39, 0.29) is 11.1 Å². The smallest absolute Gasteiger partial charge is 0.338 e. The molecule has 0 N–H and O–H groups in total. The molecular formula is C24H18Cl2N2O5S. The molecule has 1 aliphatic rings. The number of esters is 2. The Morgan fingerprint density at radius 3 is 2.47 bits per heavy atom. The minimum Gasteiger partial charge on any atom is -0.466 e. The SMILES string of the molecule is COC(=O)C1=C(C)N=c2s/c(=C/c3ccc(Cl)cc3Cl)c(=O)n2[C@@H]1c1ccc(OC(C)=O)cc1. The van der Waals surface area contributed by atoms with E-state index in [9.17, 15) is 14.4 Å². The lowest BCUT2D eigenvalue weighted by Gasteiger charge is -2.24. The van der Waals surface area contributed by atoms with Crippen LogP contribution in [-0.4, -0.2) is 23.6 Å². The molecule has 3 aromatic rings. The summed E-state index contributed by atoms with van der Waals surface area (Å²) in [6.07, 6.45) is 1.67. The van der Waals surface area contributed by atoms with Gasteiger partial charge in [0, 0.05) is 17.0 Å². The number of hydrogen-bond acceptors (Lipinski definition) is 7. The number of carbonyl (C=O) groups is 2. The summed E-state index contributed by atoms with van der Waals surface area (Å²) >= 11 is 13.5. The predicted molar refractivity (Wildman–Crippen MR) is 130 cm³/mol. The average Bonchev–Trinajstić information content (AvgIpc) is 3.09. The number of nitrogens with zero attached hydrogens (tertiary/aromatic N) is 2. The van der Waals surface area contributed by atoms with Crippen LogP contribution >= 0.6 is 34.5 Å². The lowest BCUT2D eigenvalue weighted by Crippen LogP contribution is -2.39. The maximum absolute atomic E-state index is 13.5. The fourth-order valence-electron chi connectivity index (χ4n) is 3.65. The molecule has 174 valence electrons. The Balaban J connectivity index is 1.92. The lowest BCUT2D eigenvalue weighted by atomic mass is 9.96. The molecular weight excluding hydrogens is 499 g/mol. The van der Waals surface area contributed by atoms with Gasteiger partial charge in [-0.25, -0.2) is 9.79 Å². The second kappa shape index (κ2) is 9.58. The van der Waals surface area contributed by atoms with E-state index in [1.165, 1.54) is 29.9 Å². The third-order valence-corrected chi connectivity index (χ3v) is 6.68. The lowest BCUT2D eigenvalue weighted by molar-refractivity contribution is -0.136. The summed E-state index contributed by atoms with van der Waals surface area (Å²) in [5.41, 5.74) is 1.60. The molecule has 0 fully saturated rings. The van der Waals surface area contributed by atoms with Crippen molar-refractivity contribution in [1.82, 2.24) is 4.57 Å². The second-order valence-electron chi connectivity index (χ2n) is 7.40. The molecule has 7 nitrogen and oxygen atoms in total. The van der Waals surface area contributed by atoms with Crippen LogP contribution in [0.2, 0.25) is 10.0 Å². The van der Waals surface area contributed by atoms with Crippen molar-refractivity contribution in [2.75, 3.05) is 7.11 Å². The van der Waals surface area contributed by atoms with Crippen LogP contribution in [0.25, 0.3) is 6.08 Å². The Morgan fingerprint density at radius 1 is 1.15 bits per heavy atom. The van der Waals surface area contributed by atoms with Gasteiger partial charge in [0.25, 0.3) is 5.56 Å². The largest absolute Gasteiger partial charge is 0.466 e. The Kier molecular flexibility index (Phi) is 6.74. The van der Waals surface area contributed by atoms with E-state index in [2.05, 4.69) is 4.99 Å². The van der Waals surface area contributed by atoms with Crippen LogP contribution in [-0.2, 0) is 14.3 Å². The van der Waals surface area contributed by atoms with E-state index in [0.29, 0.717) is 42.0 Å². The third kappa shape index (κ3) is 4.57. The number of fused-ring (bicyclic) bond motifs is 1. The van der Waals surface area contributed by atoms with Crippen molar-refractivity contribution in [3.8, 4) is 5.75 Å². The fourth-order valence-corrected chi connectivity index (χ4v) is 5.15. The molecule has 1 aromatic heterocycles. The highest BCUT2D eigenvalue weighted by Gasteiger charge is 2.33. The molecule has 0 aliphatic carbocycles. The average molecular weight is 517 g/mol. The van der Waals surface area contributed by atoms with Crippen molar-refractivity contribution in [3.05, 3.63) is 94.6 Å². The first-order valence-electron chi connectivity index (χ1n) is 10.0. The van der Waals surface area contributed by atoms with Crippen molar-refractivity contribution in [1.29, 1.82) is 0 Å². The number of allylic oxidation sites excluding steroid dienone is 1. The number of rotatable bonds is 4. The van der Waals surface area contributed by atoms with Crippen molar-refractivity contribution in [3.63, 3.8) is 0 Å². The highest BCUT2D eigenvalue weighted by atomic mass is 35.5. The predicted octanol–water partition coefficient (Wildman–Crippen LogP) is 3.64. The van der Waals surface area contributed by atoms with E-state index in [4.69, 9.17) is 32.7 Å². The van der Waals surface area contributed by atoms with Crippen LogP contribution in [0.1, 0.15) is 31.0 Å². The standard InChI is InChI=1S/C24H18Cl2N2O5S/c1-12-20(23(31)32-3)21(14-5-8-17(9-6-14)33-13(2)29)28-22(30)19(34-24(28)27-12)10-15-4-7-16(25)11-18(15)26/h4-11,21H,1-3H3/b19-10+/t21-/m1/s1. The molecule has 1 aliphatic heterocycles. The Morgan fingerprint density at radius 2 is 1.85 bits per heavy atom. The highest BCUT2D eigenvalue weighted by Crippen LogP contribution is 2.31. The normalized spacial score (nSPS) is 15.6. The zero-order valence-electron chi connectivity index (χ0n) is 18.3. The van der Waals surface area contributed by atoms with Gasteiger partial charge < -0.3 is 9.47 Å². The van der Waals surface area contributed by atoms with E-state index in [0.717, 1.165) is 0 Å². The van der Waals surface area contributed by atoms with Gasteiger partial charge in [-0.1, -0.05) is 52.7 Å². The van der Waals surface area contributed by atoms with E-state index in [1.807, 2.05) is 0 Å². The van der Waals surface area contributed by atoms with Crippen LogP contribution in [0.15, 0.2) is 63.5 Å². The molecule has 0 amide bonds. The molecule has 10 heteroatoms. The molecule has 34 heavy (non-hydrogen) atoms. The number of halogens is 2. The molecule has 1 atom stereocenters. The highest BCUT2D eigenvalue weighted by molar-refractivity contribution is 7.07. The molecule has 4 rings (SSSR count). The number of methoxy groups -OCH3 is 1. The quantitative estimate of drug-likeness (QED) is 0.390. The van der Waals surface area contributed by atoms with Crippen LogP contribution < -0.4 is 19.6 Å². The molecule has 0 radical (unpaired) electrons. The monoisotopic (exact) mass is 516 g/mol. The molecule has 0 bridgehead atoms. The zero-order valence-corrected chi connectivity index (χ0v) is 20.6. The minimum atomic E-state index is -0.780. The topological polar surface area (TPSA) is 87.0 Å². The minimum absolute atomic E-state index is 0.242. The summed E-state index contributed by atoms with van der Waals surface area (Å²) in [7, 11) is 1.27. The van der Waals surface area contributed by atoms with Crippen molar-refractivity contribution < 1.29 is 19.1 Å². The zero-order chi connectivity index (χ0) is 24.6. The van der Waals surface area contributed by atoms with Crippen LogP contribution in [0.3, 0.4) is 0 Å². The Labute approximate surface area is 208 Å². The fraction of sp³-hybridized carbons (Fsp3) is 0.167. The first kappa shape index (κ1) is 23.9. The van der Waals surface area contributed by atoms with E-state index < -0.39 is 18.0 Å². The van der Waals surface area contributed by atoms with Gasteiger partial charge in [-0.15, -0.1) is 0 Å². The van der Waals surface area contributed by atoms with Gasteiger partial charge in [0.2, 0.25) is 0 Å². The summed E-state index contributed by atoms with van der Waals surface area (Å²) < 4.78 is 11.9. The molecule has 0 unspecified atom stereocenters. The summed E-state index contributed by atoms with van der Waals surface area (Å²) in [6.45, 7) is 3.00. The first-order valence-corrected chi connectivity index (χ1v) is 11.6. The Bertz CT molecular complexity index is 1520. The number of aromatic nitrogens is 1. The summed E-state index contributed by atoms with van der Waals surface area (Å²) in [6, 6.07) is 10.8. The van der Waals surface area contributed by atoms with E-state index >= 15 is 0 Å². The first-order chi connectivity index (χ1) is 16.2. The molecule has 0 spiro atoms. The summed E-state index contributed by atoms with van der Waals surface area (Å²) in [5.74, 6) is -0.695. The second-order valence-corrected chi connectivity index (χ2v) is 9.25. The maximum atomic E-state index is 13.5. The van der Waals surface area contributed by atoms with Gasteiger partial charge in [0.05, 0.1) is 29.0 Å². The molecule has 2 heterocycles. The van der Waals surface area contributed by atoms with Gasteiger partial charge in [-0.05, 0) is 48.4 Å². The molecule has 2 aromatic carbocycles. The van der Waals surface area contributed by atoms with Gasteiger partial charge in [-0.3, -0.25) is 14.2 Å². The van der Waals surface area contributed by atoms with Gasteiger partial charge in [0.15, 0.2) is 4.80 Å². The molecule has 0 saturated carbocycles. The van der Waals surface area contributed by atoms with Crippen LogP contribution in [0.5, 0.6) is 5.75 Å². The third-order valence-electron chi connectivity index (χ3n) is 5.13. The summed E-state index contributed by atoms with van der Waals surface area (Å²) in [4.78, 5) is 42.4. The van der Waals surface area contributed by atoms with Gasteiger partial charge in [-0.2, -0.15) is 0 Å². The molecule has 0 saturated heterocycles. The Hall–Kier alpha value is -3.20. The summed E-state index contributed by atoms with van der Waals surface area (Å²) in [5, 5.41) is 0.890. The maximum Gasteiger partial charge on any atom is 0.338 e. The number of thiazole rings is 1. The van der Waals surface area contributed by atoms with Gasteiger partial charge in [0.1, 0.15) is 5.75 Å². The number of benzene rings is 2. The van der Waals surface area contributed by atoms with Crippen molar-refractivity contribution >= 4 is 52.6 Å². The van der Waals surface area contributed by atoms with Crippen molar-refractivity contribution in [2.24, 2.45) is 4.99 Å². The van der Waals surface area contributed by atoms with E-state index in [1.54, 1.807) is 55.5 Å². The van der Waals surface area contributed by atoms with Crippen molar-refractivity contribution in [2.45, 2.75) is 19.9 Å². The number of ether oxygens (including phenoxy) is 2. The van der Waals surface area contributed by atoms with Crippen LogP contribution in [0.4, 0.5) is 0 Å². The van der Waals surface area contributed by atoms with Gasteiger partial charge >= 0.3 is 11.9 Å². The van der Waals surface area contributed by atoms with Crippen LogP contribution in [0, 0.1) is 0 Å². The number of hydrogen-bond donors (Lipinski definition) is 0. The number of carbonyl (C=O) groups excluding carboxylic acids is 2.